The number of amides is 2. The first-order valence-corrected chi connectivity index (χ1v) is 10.6. The Bertz CT molecular complexity index is 1250. The molecule has 9 heteroatoms. The Labute approximate surface area is 194 Å². The van der Waals surface area contributed by atoms with E-state index in [0.717, 1.165) is 10.9 Å². The van der Waals surface area contributed by atoms with Crippen molar-refractivity contribution >= 4 is 57.7 Å². The zero-order valence-corrected chi connectivity index (χ0v) is 18.7. The Morgan fingerprint density at radius 3 is 2.72 bits per heavy atom. The summed E-state index contributed by atoms with van der Waals surface area (Å²) in [6.45, 7) is 0.691. The molecule has 0 saturated carbocycles. The molecule has 0 aliphatic carbocycles. The van der Waals surface area contributed by atoms with Crippen LogP contribution in [0.15, 0.2) is 54.2 Å². The van der Waals surface area contributed by atoms with Crippen molar-refractivity contribution in [3.8, 4) is 0 Å². The highest BCUT2D eigenvalue weighted by atomic mass is 35.5. The second-order valence-corrected chi connectivity index (χ2v) is 7.99. The summed E-state index contributed by atoms with van der Waals surface area (Å²) >= 11 is 11.3. The van der Waals surface area contributed by atoms with Crippen LogP contribution < -0.4 is 5.32 Å². The van der Waals surface area contributed by atoms with Crippen LogP contribution in [0.3, 0.4) is 0 Å². The highest BCUT2D eigenvalue weighted by Crippen LogP contribution is 2.28. The minimum absolute atomic E-state index is 0.0402. The topological polar surface area (TPSA) is 63.6 Å². The van der Waals surface area contributed by atoms with Gasteiger partial charge in [0.15, 0.2) is 5.11 Å². The predicted molar refractivity (Wildman–Crippen MR) is 125 cm³/mol. The molecule has 4 rings (SSSR count). The standard InChI is InChI=1S/C23H19ClFN3O3S/c1-31-10-9-28-22(30)16(21(29)26-23(28)32)11-14-12-27(20-8-3-2-5-15(14)20)13-17-18(24)6-4-7-19(17)25/h2-8,11-12H,9-10,13H2,1H3,(H,26,29,32)/b16-11+. The average molecular weight is 472 g/mol. The number of carbonyl (C=O) groups is 2. The molecule has 32 heavy (non-hydrogen) atoms. The van der Waals surface area contributed by atoms with Crippen LogP contribution in [0.1, 0.15) is 11.1 Å². The van der Waals surface area contributed by atoms with Crippen molar-refractivity contribution in [1.29, 1.82) is 0 Å². The van der Waals surface area contributed by atoms with Crippen LogP contribution in [-0.4, -0.2) is 46.7 Å². The number of hydrogen-bond donors (Lipinski definition) is 1. The second-order valence-electron chi connectivity index (χ2n) is 7.20. The van der Waals surface area contributed by atoms with Crippen molar-refractivity contribution in [2.75, 3.05) is 20.3 Å². The van der Waals surface area contributed by atoms with Gasteiger partial charge in [-0.2, -0.15) is 0 Å². The highest BCUT2D eigenvalue weighted by Gasteiger charge is 2.33. The molecule has 1 aliphatic heterocycles. The summed E-state index contributed by atoms with van der Waals surface area (Å²) in [7, 11) is 1.52. The first-order chi connectivity index (χ1) is 15.4. The molecule has 0 spiro atoms. The maximum absolute atomic E-state index is 14.4. The van der Waals surface area contributed by atoms with Gasteiger partial charge in [0.2, 0.25) is 0 Å². The SMILES string of the molecule is COCCN1C(=O)/C(=C/c2cn(Cc3c(F)cccc3Cl)c3ccccc23)C(=O)NC1=S. The fraction of sp³-hybridized carbons (Fsp3) is 0.174. The number of ether oxygens (including phenoxy) is 1. The third-order valence-corrected chi connectivity index (χ3v) is 5.89. The molecule has 0 radical (unpaired) electrons. The van der Waals surface area contributed by atoms with Gasteiger partial charge in [0.05, 0.1) is 19.7 Å². The van der Waals surface area contributed by atoms with Gasteiger partial charge in [-0.25, -0.2) is 4.39 Å². The van der Waals surface area contributed by atoms with Crippen molar-refractivity contribution in [3.63, 3.8) is 0 Å². The molecule has 0 bridgehead atoms. The lowest BCUT2D eigenvalue weighted by Crippen LogP contribution is -2.54. The lowest BCUT2D eigenvalue weighted by Gasteiger charge is -2.28. The summed E-state index contributed by atoms with van der Waals surface area (Å²) in [4.78, 5) is 26.8. The summed E-state index contributed by atoms with van der Waals surface area (Å²) in [5.74, 6) is -1.47. The number of nitrogens with one attached hydrogen (secondary N) is 1. The fourth-order valence-corrected chi connectivity index (χ4v) is 4.10. The van der Waals surface area contributed by atoms with Crippen LogP contribution in [-0.2, 0) is 20.9 Å². The Kier molecular flexibility index (Phi) is 6.36. The van der Waals surface area contributed by atoms with E-state index < -0.39 is 17.6 Å². The first-order valence-electron chi connectivity index (χ1n) is 9.79. The molecule has 2 aromatic carbocycles. The number of benzene rings is 2. The van der Waals surface area contributed by atoms with Crippen molar-refractivity contribution in [3.05, 3.63) is 76.2 Å². The van der Waals surface area contributed by atoms with Crippen LogP contribution in [0, 0.1) is 5.82 Å². The molecule has 3 aromatic rings. The van der Waals surface area contributed by atoms with E-state index in [4.69, 9.17) is 28.6 Å². The number of halogens is 2. The van der Waals surface area contributed by atoms with E-state index >= 15 is 0 Å². The number of fused-ring (bicyclic) bond motifs is 1. The number of thiocarbonyl (C=S) groups is 1. The minimum atomic E-state index is -0.567. The molecule has 1 aliphatic rings. The number of nitrogens with zero attached hydrogens (tertiary/aromatic N) is 2. The zero-order valence-electron chi connectivity index (χ0n) is 17.1. The molecule has 1 N–H and O–H groups in total. The summed E-state index contributed by atoms with van der Waals surface area (Å²) in [5.41, 5.74) is 1.78. The Balaban J connectivity index is 1.76. The first kappa shape index (κ1) is 22.1. The van der Waals surface area contributed by atoms with Crippen LogP contribution >= 0.6 is 23.8 Å². The molecule has 1 saturated heterocycles. The molecule has 0 unspecified atom stereocenters. The molecular weight excluding hydrogens is 453 g/mol. The summed E-state index contributed by atoms with van der Waals surface area (Å²) in [6.07, 6.45) is 3.30. The van der Waals surface area contributed by atoms with Gasteiger partial charge < -0.3 is 9.30 Å². The molecule has 6 nitrogen and oxygen atoms in total. The van der Waals surface area contributed by atoms with Gasteiger partial charge in [-0.05, 0) is 36.5 Å². The summed E-state index contributed by atoms with van der Waals surface area (Å²) < 4.78 is 21.2. The van der Waals surface area contributed by atoms with E-state index in [1.165, 1.54) is 24.2 Å². The number of aromatic nitrogens is 1. The minimum Gasteiger partial charge on any atom is -0.383 e. The van der Waals surface area contributed by atoms with E-state index in [0.29, 0.717) is 16.1 Å². The normalized spacial score (nSPS) is 15.7. The Hall–Kier alpha value is -3.07. The number of rotatable bonds is 6. The fourth-order valence-electron chi connectivity index (χ4n) is 3.61. The number of para-hydroxylation sites is 1. The van der Waals surface area contributed by atoms with Gasteiger partial charge in [0, 0.05) is 40.4 Å². The lowest BCUT2D eigenvalue weighted by molar-refractivity contribution is -0.129. The smallest absolute Gasteiger partial charge is 0.265 e. The lowest BCUT2D eigenvalue weighted by atomic mass is 10.1. The summed E-state index contributed by atoms with van der Waals surface area (Å²) in [5, 5.41) is 3.73. The summed E-state index contributed by atoms with van der Waals surface area (Å²) in [6, 6.07) is 12.0. The molecule has 2 heterocycles. The second kappa shape index (κ2) is 9.20. The molecule has 1 fully saturated rings. The Morgan fingerprint density at radius 2 is 1.97 bits per heavy atom. The molecular formula is C23H19ClFN3O3S. The van der Waals surface area contributed by atoms with Gasteiger partial charge in [0.25, 0.3) is 11.8 Å². The third kappa shape index (κ3) is 4.17. The van der Waals surface area contributed by atoms with E-state index in [-0.39, 0.29) is 30.4 Å². The van der Waals surface area contributed by atoms with Crippen molar-refractivity contribution in [2.45, 2.75) is 6.54 Å². The molecule has 0 atom stereocenters. The van der Waals surface area contributed by atoms with E-state index in [9.17, 15) is 14.0 Å². The number of methoxy groups -OCH3 is 1. The van der Waals surface area contributed by atoms with E-state index in [2.05, 4.69) is 5.32 Å². The maximum Gasteiger partial charge on any atom is 0.265 e. The Morgan fingerprint density at radius 1 is 1.19 bits per heavy atom. The molecule has 164 valence electrons. The van der Waals surface area contributed by atoms with Gasteiger partial charge >= 0.3 is 0 Å². The van der Waals surface area contributed by atoms with Crippen LogP contribution in [0.4, 0.5) is 4.39 Å². The van der Waals surface area contributed by atoms with Crippen molar-refractivity contribution in [2.24, 2.45) is 0 Å². The van der Waals surface area contributed by atoms with Gasteiger partial charge in [-0.3, -0.25) is 19.8 Å². The molecule has 1 aromatic heterocycles. The third-order valence-electron chi connectivity index (χ3n) is 5.21. The average Bonchev–Trinajstić information content (AvgIpc) is 3.11. The van der Waals surface area contributed by atoms with Crippen LogP contribution in [0.2, 0.25) is 5.02 Å². The number of hydrogen-bond acceptors (Lipinski definition) is 4. The molecule has 2 amide bonds. The van der Waals surface area contributed by atoms with E-state index in [1.54, 1.807) is 18.3 Å². The van der Waals surface area contributed by atoms with Gasteiger partial charge in [-0.1, -0.05) is 35.9 Å². The van der Waals surface area contributed by atoms with Crippen molar-refractivity contribution in [1.82, 2.24) is 14.8 Å². The maximum atomic E-state index is 14.4. The zero-order chi connectivity index (χ0) is 22.8. The predicted octanol–water partition coefficient (Wildman–Crippen LogP) is 3.76. The van der Waals surface area contributed by atoms with E-state index in [1.807, 2.05) is 28.8 Å². The van der Waals surface area contributed by atoms with Gasteiger partial charge in [-0.15, -0.1) is 0 Å². The van der Waals surface area contributed by atoms with Crippen LogP contribution in [0.25, 0.3) is 17.0 Å². The number of carbonyl (C=O) groups excluding carboxylic acids is 2. The largest absolute Gasteiger partial charge is 0.383 e. The van der Waals surface area contributed by atoms with Gasteiger partial charge in [0.1, 0.15) is 11.4 Å². The monoisotopic (exact) mass is 471 g/mol. The van der Waals surface area contributed by atoms with Crippen LogP contribution in [0.5, 0.6) is 0 Å². The van der Waals surface area contributed by atoms with Crippen molar-refractivity contribution < 1.29 is 18.7 Å². The highest BCUT2D eigenvalue weighted by molar-refractivity contribution is 7.80. The quantitative estimate of drug-likeness (QED) is 0.338.